The Bertz CT molecular complexity index is 663. The molecule has 0 bridgehead atoms. The monoisotopic (exact) mass is 370 g/mol. The first-order chi connectivity index (χ1) is 11.8. The van der Waals surface area contributed by atoms with E-state index in [1.54, 1.807) is 18.2 Å². The Kier molecular flexibility index (Phi) is 6.95. The Morgan fingerprint density at radius 3 is 2.60 bits per heavy atom. The van der Waals surface area contributed by atoms with Crippen molar-refractivity contribution in [1.82, 2.24) is 10.0 Å². The number of sulfonamides is 1. The first-order valence-corrected chi connectivity index (χ1v) is 9.95. The average Bonchev–Trinajstić information content (AvgIpc) is 2.56. The summed E-state index contributed by atoms with van der Waals surface area (Å²) in [5, 5.41) is 12.5. The van der Waals surface area contributed by atoms with Gasteiger partial charge in [-0.2, -0.15) is 4.72 Å². The predicted molar refractivity (Wildman–Crippen MR) is 93.1 cm³/mol. The summed E-state index contributed by atoms with van der Waals surface area (Å²) >= 11 is 0. The maximum Gasteiger partial charge on any atom is 0.241 e. The van der Waals surface area contributed by atoms with Gasteiger partial charge in [0.2, 0.25) is 15.9 Å². The molecular formula is C17H26N2O5S. The molecule has 1 fully saturated rings. The average molecular weight is 370 g/mol. The van der Waals surface area contributed by atoms with E-state index in [4.69, 9.17) is 4.74 Å². The lowest BCUT2D eigenvalue weighted by Gasteiger charge is -2.30. The second-order valence-electron chi connectivity index (χ2n) is 6.64. The van der Waals surface area contributed by atoms with Gasteiger partial charge in [0.1, 0.15) is 6.04 Å². The highest BCUT2D eigenvalue weighted by atomic mass is 32.2. The van der Waals surface area contributed by atoms with E-state index in [0.29, 0.717) is 19.4 Å². The number of nitrogens with one attached hydrogen (secondary N) is 2. The lowest BCUT2D eigenvalue weighted by Crippen LogP contribution is -2.54. The first kappa shape index (κ1) is 19.8. The summed E-state index contributed by atoms with van der Waals surface area (Å²) in [4.78, 5) is 12.7. The van der Waals surface area contributed by atoms with Crippen LogP contribution in [0.25, 0.3) is 0 Å². The van der Waals surface area contributed by atoms with Gasteiger partial charge in [-0.15, -0.1) is 0 Å². The van der Waals surface area contributed by atoms with Gasteiger partial charge in [0.25, 0.3) is 0 Å². The van der Waals surface area contributed by atoms with E-state index < -0.39 is 34.3 Å². The maximum atomic E-state index is 12.6. The van der Waals surface area contributed by atoms with Crippen LogP contribution in [0.15, 0.2) is 35.2 Å². The number of hydrogen-bond donors (Lipinski definition) is 3. The quantitative estimate of drug-likeness (QED) is 0.664. The molecule has 0 aromatic heterocycles. The molecule has 140 valence electrons. The van der Waals surface area contributed by atoms with E-state index in [1.165, 1.54) is 12.1 Å². The normalized spacial score (nSPS) is 22.6. The highest BCUT2D eigenvalue weighted by Crippen LogP contribution is 2.15. The zero-order valence-corrected chi connectivity index (χ0v) is 15.3. The van der Waals surface area contributed by atoms with E-state index in [9.17, 15) is 18.3 Å². The fourth-order valence-corrected chi connectivity index (χ4v) is 3.96. The molecule has 25 heavy (non-hydrogen) atoms. The van der Waals surface area contributed by atoms with Crippen LogP contribution in [0.1, 0.15) is 33.1 Å². The summed E-state index contributed by atoms with van der Waals surface area (Å²) in [5.74, 6) is -0.343. The van der Waals surface area contributed by atoms with Gasteiger partial charge in [0, 0.05) is 6.61 Å². The number of aliphatic hydroxyl groups excluding tert-OH is 1. The molecule has 1 saturated heterocycles. The number of rotatable bonds is 7. The van der Waals surface area contributed by atoms with Gasteiger partial charge in [0.15, 0.2) is 6.29 Å². The molecule has 0 aliphatic carbocycles. The second-order valence-corrected chi connectivity index (χ2v) is 8.35. The van der Waals surface area contributed by atoms with Crippen molar-refractivity contribution in [3.05, 3.63) is 30.3 Å². The molecule has 3 atom stereocenters. The minimum Gasteiger partial charge on any atom is -0.366 e. The fourth-order valence-electron chi connectivity index (χ4n) is 2.73. The summed E-state index contributed by atoms with van der Waals surface area (Å²) in [7, 11) is -3.81. The van der Waals surface area contributed by atoms with Crippen molar-refractivity contribution < 1.29 is 23.1 Å². The van der Waals surface area contributed by atoms with Gasteiger partial charge in [-0.1, -0.05) is 32.0 Å². The minimum absolute atomic E-state index is 0.109. The zero-order chi connectivity index (χ0) is 18.4. The molecule has 0 radical (unpaired) electrons. The van der Waals surface area contributed by atoms with Gasteiger partial charge in [-0.05, 0) is 37.3 Å². The lowest BCUT2D eigenvalue weighted by molar-refractivity contribution is -0.151. The predicted octanol–water partition coefficient (Wildman–Crippen LogP) is 0.993. The Morgan fingerprint density at radius 2 is 2.00 bits per heavy atom. The van der Waals surface area contributed by atoms with Crippen molar-refractivity contribution in [1.29, 1.82) is 0 Å². The third-order valence-corrected chi connectivity index (χ3v) is 5.48. The molecule has 1 aromatic carbocycles. The van der Waals surface area contributed by atoms with Crippen molar-refractivity contribution in [2.75, 3.05) is 6.61 Å². The van der Waals surface area contributed by atoms with Gasteiger partial charge in [-0.25, -0.2) is 8.42 Å². The van der Waals surface area contributed by atoms with Gasteiger partial charge >= 0.3 is 0 Å². The summed E-state index contributed by atoms with van der Waals surface area (Å²) in [5.41, 5.74) is 0. The smallest absolute Gasteiger partial charge is 0.241 e. The lowest BCUT2D eigenvalue weighted by atomic mass is 10.0. The summed E-state index contributed by atoms with van der Waals surface area (Å²) in [6.45, 7) is 4.27. The molecule has 8 heteroatoms. The number of carbonyl (C=O) groups excluding carboxylic acids is 1. The Labute approximate surface area is 148 Å². The SMILES string of the molecule is CC(C)C[C@H](NS(=O)(=O)c1ccccc1)C(=O)N[C@H]1CCCOC1O. The molecule has 7 nitrogen and oxygen atoms in total. The Hall–Kier alpha value is -1.48. The van der Waals surface area contributed by atoms with Crippen molar-refractivity contribution in [3.63, 3.8) is 0 Å². The molecule has 1 heterocycles. The van der Waals surface area contributed by atoms with E-state index in [0.717, 1.165) is 6.42 Å². The number of hydrogen-bond acceptors (Lipinski definition) is 5. The van der Waals surface area contributed by atoms with Gasteiger partial charge < -0.3 is 15.2 Å². The van der Waals surface area contributed by atoms with Crippen LogP contribution in [0.5, 0.6) is 0 Å². The van der Waals surface area contributed by atoms with Crippen molar-refractivity contribution in [3.8, 4) is 0 Å². The van der Waals surface area contributed by atoms with Crippen LogP contribution in [0.3, 0.4) is 0 Å². The van der Waals surface area contributed by atoms with Crippen molar-refractivity contribution in [2.45, 2.75) is 56.4 Å². The first-order valence-electron chi connectivity index (χ1n) is 8.47. The van der Waals surface area contributed by atoms with Crippen LogP contribution in [0, 0.1) is 5.92 Å². The highest BCUT2D eigenvalue weighted by molar-refractivity contribution is 7.89. The van der Waals surface area contributed by atoms with Crippen LogP contribution in [-0.2, 0) is 19.6 Å². The third kappa shape index (κ3) is 5.78. The van der Waals surface area contributed by atoms with E-state index in [1.807, 2.05) is 13.8 Å². The Balaban J connectivity index is 2.11. The minimum atomic E-state index is -3.81. The molecular weight excluding hydrogens is 344 g/mol. The largest absolute Gasteiger partial charge is 0.366 e. The van der Waals surface area contributed by atoms with Crippen LogP contribution in [-0.4, -0.2) is 44.4 Å². The summed E-state index contributed by atoms with van der Waals surface area (Å²) in [6.07, 6.45) is 0.601. The molecule has 1 aliphatic rings. The number of ether oxygens (including phenoxy) is 1. The van der Waals surface area contributed by atoms with E-state index in [-0.39, 0.29) is 10.8 Å². The topological polar surface area (TPSA) is 105 Å². The Morgan fingerprint density at radius 1 is 1.32 bits per heavy atom. The summed E-state index contributed by atoms with van der Waals surface area (Å²) < 4.78 is 32.6. The van der Waals surface area contributed by atoms with Crippen LogP contribution in [0.2, 0.25) is 0 Å². The second kappa shape index (κ2) is 8.75. The zero-order valence-electron chi connectivity index (χ0n) is 14.5. The summed E-state index contributed by atoms with van der Waals surface area (Å²) in [6, 6.07) is 6.49. The van der Waals surface area contributed by atoms with Gasteiger partial charge in [0.05, 0.1) is 10.9 Å². The van der Waals surface area contributed by atoms with Crippen LogP contribution >= 0.6 is 0 Å². The van der Waals surface area contributed by atoms with Crippen molar-refractivity contribution >= 4 is 15.9 Å². The standard InChI is InChI=1S/C17H26N2O5S/c1-12(2)11-15(16(20)18-14-9-6-10-24-17(14)21)19-25(22,23)13-7-4-3-5-8-13/h3-5,7-8,12,14-15,17,19,21H,6,9-11H2,1-2H3,(H,18,20)/t14-,15-,17?/m0/s1. The van der Waals surface area contributed by atoms with Crippen LogP contribution < -0.4 is 10.0 Å². The van der Waals surface area contributed by atoms with Gasteiger partial charge in [-0.3, -0.25) is 4.79 Å². The molecule has 1 amide bonds. The number of carbonyl (C=O) groups is 1. The number of aliphatic hydroxyl groups is 1. The number of benzene rings is 1. The molecule has 2 rings (SSSR count). The van der Waals surface area contributed by atoms with Crippen molar-refractivity contribution in [2.24, 2.45) is 5.92 Å². The fraction of sp³-hybridized carbons (Fsp3) is 0.588. The van der Waals surface area contributed by atoms with E-state index in [2.05, 4.69) is 10.0 Å². The van der Waals surface area contributed by atoms with Crippen LogP contribution in [0.4, 0.5) is 0 Å². The highest BCUT2D eigenvalue weighted by Gasteiger charge is 2.31. The third-order valence-electron chi connectivity index (χ3n) is 3.99. The molecule has 0 saturated carbocycles. The molecule has 1 aromatic rings. The molecule has 0 spiro atoms. The molecule has 1 unspecified atom stereocenters. The molecule has 1 aliphatic heterocycles. The molecule has 3 N–H and O–H groups in total. The van der Waals surface area contributed by atoms with E-state index >= 15 is 0 Å². The number of amides is 1. The maximum absolute atomic E-state index is 12.6.